The van der Waals surface area contributed by atoms with Crippen molar-refractivity contribution in [3.8, 4) is 11.5 Å². The summed E-state index contributed by atoms with van der Waals surface area (Å²) in [6.45, 7) is 2.79. The lowest BCUT2D eigenvalue weighted by Gasteiger charge is -2.17. The minimum atomic E-state index is -0.487. The highest BCUT2D eigenvalue weighted by atomic mass is 16.7. The summed E-state index contributed by atoms with van der Waals surface area (Å²) in [5, 5.41) is 5.61. The minimum absolute atomic E-state index is 0.0373. The Hall–Kier alpha value is -3.29. The molecule has 1 aromatic rings. The van der Waals surface area contributed by atoms with Crippen LogP contribution in [0.1, 0.15) is 25.3 Å². The predicted octanol–water partition coefficient (Wildman–Crippen LogP) is 1.56. The molecule has 1 fully saturated rings. The van der Waals surface area contributed by atoms with E-state index in [0.717, 1.165) is 5.56 Å². The van der Waals surface area contributed by atoms with Gasteiger partial charge in [-0.3, -0.25) is 9.59 Å². The molecule has 1 aromatic carbocycles. The molecule has 2 N–H and O–H groups in total. The molecule has 0 spiro atoms. The van der Waals surface area contributed by atoms with E-state index in [9.17, 15) is 14.4 Å². The number of ether oxygens (including phenoxy) is 3. The second kappa shape index (κ2) is 9.77. The van der Waals surface area contributed by atoms with Gasteiger partial charge in [0.25, 0.3) is 0 Å². The van der Waals surface area contributed by atoms with Crippen LogP contribution in [0.5, 0.6) is 11.5 Å². The van der Waals surface area contributed by atoms with E-state index < -0.39 is 12.0 Å². The van der Waals surface area contributed by atoms with Crippen LogP contribution in [-0.2, 0) is 19.1 Å². The molecule has 29 heavy (non-hydrogen) atoms. The maximum atomic E-state index is 12.4. The second-order valence-electron chi connectivity index (χ2n) is 6.68. The molecule has 3 rings (SSSR count). The highest BCUT2D eigenvalue weighted by molar-refractivity contribution is 5.92. The number of nitrogens with one attached hydrogen (secondary N) is 2. The van der Waals surface area contributed by atoms with Crippen LogP contribution >= 0.6 is 0 Å². The number of hydrogen-bond acceptors (Lipinski definition) is 6. The van der Waals surface area contributed by atoms with Crippen LogP contribution in [0.2, 0.25) is 0 Å². The van der Waals surface area contributed by atoms with Crippen molar-refractivity contribution in [2.75, 3.05) is 19.9 Å². The van der Waals surface area contributed by atoms with Crippen molar-refractivity contribution >= 4 is 23.9 Å². The zero-order valence-corrected chi connectivity index (χ0v) is 16.2. The van der Waals surface area contributed by atoms with Crippen molar-refractivity contribution in [3.63, 3.8) is 0 Å². The van der Waals surface area contributed by atoms with Crippen LogP contribution in [0.15, 0.2) is 36.4 Å². The zero-order chi connectivity index (χ0) is 20.6. The fourth-order valence-corrected chi connectivity index (χ4v) is 3.17. The van der Waals surface area contributed by atoms with Gasteiger partial charge >= 0.3 is 5.97 Å². The molecule has 0 radical (unpaired) electrons. The standard InChI is InChI=1S/C21H24N2O6/c1-2-27-20(25)8-5-16(12-15-9-10-22-21(15)26)23-19(24)7-4-14-3-6-17-18(11-14)29-13-28-17/h3-8,11,15-16H,2,9-10,12-13H2,1H3,(H,22,26)(H,23,24)/b7-4+,8-5+/t15-,16+/m0/s1. The third kappa shape index (κ3) is 5.84. The Morgan fingerprint density at radius 1 is 1.31 bits per heavy atom. The summed E-state index contributed by atoms with van der Waals surface area (Å²) >= 11 is 0. The van der Waals surface area contributed by atoms with Crippen molar-refractivity contribution < 1.29 is 28.6 Å². The number of carbonyl (C=O) groups is 3. The van der Waals surface area contributed by atoms with Crippen molar-refractivity contribution in [2.24, 2.45) is 5.92 Å². The van der Waals surface area contributed by atoms with Crippen LogP contribution in [0.3, 0.4) is 0 Å². The van der Waals surface area contributed by atoms with E-state index in [4.69, 9.17) is 14.2 Å². The number of carbonyl (C=O) groups excluding carboxylic acids is 3. The molecule has 0 aromatic heterocycles. The van der Waals surface area contributed by atoms with Gasteiger partial charge in [0.1, 0.15) is 0 Å². The summed E-state index contributed by atoms with van der Waals surface area (Å²) in [6, 6.07) is 4.91. The van der Waals surface area contributed by atoms with E-state index in [0.29, 0.717) is 30.9 Å². The van der Waals surface area contributed by atoms with Crippen LogP contribution in [0.4, 0.5) is 0 Å². The maximum absolute atomic E-state index is 12.4. The number of rotatable bonds is 8. The van der Waals surface area contributed by atoms with E-state index in [1.807, 2.05) is 6.07 Å². The largest absolute Gasteiger partial charge is 0.463 e. The van der Waals surface area contributed by atoms with E-state index in [1.54, 1.807) is 31.2 Å². The smallest absolute Gasteiger partial charge is 0.330 e. The first-order valence-electron chi connectivity index (χ1n) is 9.56. The third-order valence-corrected chi connectivity index (χ3v) is 4.60. The molecule has 8 nitrogen and oxygen atoms in total. The monoisotopic (exact) mass is 400 g/mol. The SMILES string of the molecule is CCOC(=O)/C=C/[C@H](C[C@@H]1CCNC1=O)NC(=O)/C=C/c1ccc2c(c1)OCO2. The van der Waals surface area contributed by atoms with Gasteiger partial charge in [-0.05, 0) is 43.5 Å². The Morgan fingerprint density at radius 3 is 2.90 bits per heavy atom. The Balaban J connectivity index is 1.62. The lowest BCUT2D eigenvalue weighted by molar-refractivity contribution is -0.137. The molecular weight excluding hydrogens is 376 g/mol. The summed E-state index contributed by atoms with van der Waals surface area (Å²) in [5.74, 6) is 0.244. The minimum Gasteiger partial charge on any atom is -0.463 e. The van der Waals surface area contributed by atoms with Gasteiger partial charge < -0.3 is 24.8 Å². The number of amides is 2. The predicted molar refractivity (Wildman–Crippen MR) is 105 cm³/mol. The van der Waals surface area contributed by atoms with E-state index in [1.165, 1.54) is 12.2 Å². The molecule has 2 atom stereocenters. The normalized spacial score (nSPS) is 18.8. The molecular formula is C21H24N2O6. The molecule has 2 amide bonds. The summed E-state index contributed by atoms with van der Waals surface area (Å²) < 4.78 is 15.5. The van der Waals surface area contributed by atoms with Crippen LogP contribution < -0.4 is 20.1 Å². The molecule has 2 aliphatic rings. The number of esters is 1. The van der Waals surface area contributed by atoms with Crippen LogP contribution in [0.25, 0.3) is 6.08 Å². The van der Waals surface area contributed by atoms with Gasteiger partial charge in [-0.2, -0.15) is 0 Å². The van der Waals surface area contributed by atoms with Gasteiger partial charge in [-0.1, -0.05) is 12.1 Å². The Morgan fingerprint density at radius 2 is 2.14 bits per heavy atom. The molecule has 0 aliphatic carbocycles. The first-order valence-corrected chi connectivity index (χ1v) is 9.56. The average Bonchev–Trinajstić information content (AvgIpc) is 3.33. The average molecular weight is 400 g/mol. The number of hydrogen-bond donors (Lipinski definition) is 2. The number of fused-ring (bicyclic) bond motifs is 1. The maximum Gasteiger partial charge on any atom is 0.330 e. The van der Waals surface area contributed by atoms with Crippen LogP contribution in [-0.4, -0.2) is 43.8 Å². The van der Waals surface area contributed by atoms with Gasteiger partial charge in [0.15, 0.2) is 11.5 Å². The Labute approximate surface area is 168 Å². The van der Waals surface area contributed by atoms with Crippen molar-refractivity contribution in [1.82, 2.24) is 10.6 Å². The van der Waals surface area contributed by atoms with E-state index in [-0.39, 0.29) is 31.1 Å². The fraction of sp³-hybridized carbons (Fsp3) is 0.381. The zero-order valence-electron chi connectivity index (χ0n) is 16.2. The first kappa shape index (κ1) is 20.4. The van der Waals surface area contributed by atoms with Gasteiger partial charge in [-0.25, -0.2) is 4.79 Å². The highest BCUT2D eigenvalue weighted by Gasteiger charge is 2.27. The fourth-order valence-electron chi connectivity index (χ4n) is 3.17. The molecule has 0 bridgehead atoms. The molecule has 2 aliphatic heterocycles. The van der Waals surface area contributed by atoms with E-state index >= 15 is 0 Å². The topological polar surface area (TPSA) is 103 Å². The van der Waals surface area contributed by atoms with E-state index in [2.05, 4.69) is 10.6 Å². The van der Waals surface area contributed by atoms with Gasteiger partial charge in [0, 0.05) is 30.7 Å². The van der Waals surface area contributed by atoms with Crippen molar-refractivity contribution in [3.05, 3.63) is 42.0 Å². The summed E-state index contributed by atoms with van der Waals surface area (Å²) in [7, 11) is 0. The third-order valence-electron chi connectivity index (χ3n) is 4.60. The second-order valence-corrected chi connectivity index (χ2v) is 6.68. The molecule has 0 unspecified atom stereocenters. The molecule has 8 heteroatoms. The Kier molecular flexibility index (Phi) is 6.89. The van der Waals surface area contributed by atoms with Gasteiger partial charge in [-0.15, -0.1) is 0 Å². The molecule has 1 saturated heterocycles. The molecule has 0 saturated carbocycles. The lowest BCUT2D eigenvalue weighted by Crippen LogP contribution is -2.35. The summed E-state index contributed by atoms with van der Waals surface area (Å²) in [6.07, 6.45) is 7.01. The van der Waals surface area contributed by atoms with Crippen molar-refractivity contribution in [2.45, 2.75) is 25.8 Å². The lowest BCUT2D eigenvalue weighted by atomic mass is 9.98. The summed E-state index contributed by atoms with van der Waals surface area (Å²) in [4.78, 5) is 35.8. The van der Waals surface area contributed by atoms with Crippen LogP contribution in [0, 0.1) is 5.92 Å². The molecule has 154 valence electrons. The number of benzene rings is 1. The van der Waals surface area contributed by atoms with Gasteiger partial charge in [0.05, 0.1) is 6.61 Å². The first-order chi connectivity index (χ1) is 14.0. The quantitative estimate of drug-likeness (QED) is 0.507. The Bertz CT molecular complexity index is 832. The summed E-state index contributed by atoms with van der Waals surface area (Å²) in [5.41, 5.74) is 0.790. The van der Waals surface area contributed by atoms with Gasteiger partial charge in [0.2, 0.25) is 18.6 Å². The van der Waals surface area contributed by atoms with Crippen molar-refractivity contribution in [1.29, 1.82) is 0 Å². The molecule has 2 heterocycles. The highest BCUT2D eigenvalue weighted by Crippen LogP contribution is 2.32.